The Kier molecular flexibility index (Phi) is 3.98. The van der Waals surface area contributed by atoms with E-state index < -0.39 is 27.4 Å². The molecular formula is C10H13F2NO2S. The molecule has 0 fully saturated rings. The third-order valence-electron chi connectivity index (χ3n) is 1.79. The van der Waals surface area contributed by atoms with Crippen LogP contribution in [0.25, 0.3) is 0 Å². The number of nitrogens with one attached hydrogen (secondary N) is 1. The van der Waals surface area contributed by atoms with Crippen LogP contribution in [0.3, 0.4) is 0 Å². The zero-order valence-electron chi connectivity index (χ0n) is 9.00. The minimum absolute atomic E-state index is 0.173. The fourth-order valence-electron chi connectivity index (χ4n) is 1.27. The summed E-state index contributed by atoms with van der Waals surface area (Å²) in [5.41, 5.74) is -0.173. The fourth-order valence-corrected chi connectivity index (χ4v) is 2.70. The minimum Gasteiger partial charge on any atom is -0.212 e. The summed E-state index contributed by atoms with van der Waals surface area (Å²) in [5, 5.41) is 0. The lowest BCUT2D eigenvalue weighted by atomic mass is 10.2. The van der Waals surface area contributed by atoms with Crippen molar-refractivity contribution in [3.63, 3.8) is 0 Å². The van der Waals surface area contributed by atoms with Crippen LogP contribution in [0.1, 0.15) is 19.4 Å². The van der Waals surface area contributed by atoms with E-state index >= 15 is 0 Å². The molecule has 16 heavy (non-hydrogen) atoms. The van der Waals surface area contributed by atoms with E-state index in [2.05, 4.69) is 4.72 Å². The normalized spacial score (nSPS) is 12.1. The predicted octanol–water partition coefficient (Wildman–Crippen LogP) is 1.79. The van der Waals surface area contributed by atoms with E-state index in [9.17, 15) is 17.2 Å². The smallest absolute Gasteiger partial charge is 0.212 e. The second-order valence-corrected chi connectivity index (χ2v) is 5.50. The van der Waals surface area contributed by atoms with Gasteiger partial charge in [-0.1, -0.05) is 12.1 Å². The molecule has 0 amide bonds. The van der Waals surface area contributed by atoms with Gasteiger partial charge in [-0.15, -0.1) is 0 Å². The van der Waals surface area contributed by atoms with Gasteiger partial charge in [-0.2, -0.15) is 0 Å². The first-order chi connectivity index (χ1) is 7.32. The first-order valence-corrected chi connectivity index (χ1v) is 6.40. The van der Waals surface area contributed by atoms with Crippen molar-refractivity contribution in [2.45, 2.75) is 25.6 Å². The van der Waals surface area contributed by atoms with Crippen LogP contribution in [0.2, 0.25) is 0 Å². The van der Waals surface area contributed by atoms with Crippen molar-refractivity contribution in [1.29, 1.82) is 0 Å². The molecule has 1 N–H and O–H groups in total. The first-order valence-electron chi connectivity index (χ1n) is 4.75. The van der Waals surface area contributed by atoms with E-state index in [4.69, 9.17) is 0 Å². The summed E-state index contributed by atoms with van der Waals surface area (Å²) in [6.45, 7) is 3.30. The summed E-state index contributed by atoms with van der Waals surface area (Å²) in [4.78, 5) is 0. The Morgan fingerprint density at radius 2 is 1.94 bits per heavy atom. The van der Waals surface area contributed by atoms with Crippen LogP contribution in [-0.4, -0.2) is 14.5 Å². The molecular weight excluding hydrogens is 236 g/mol. The van der Waals surface area contributed by atoms with Crippen LogP contribution < -0.4 is 4.72 Å². The van der Waals surface area contributed by atoms with E-state index in [0.29, 0.717) is 0 Å². The molecule has 0 radical (unpaired) electrons. The SMILES string of the molecule is CC(C)NS(=O)(=O)Cc1cccc(F)c1F. The highest BCUT2D eigenvalue weighted by molar-refractivity contribution is 7.88. The quantitative estimate of drug-likeness (QED) is 0.884. The van der Waals surface area contributed by atoms with Crippen molar-refractivity contribution in [3.8, 4) is 0 Å². The van der Waals surface area contributed by atoms with Gasteiger partial charge in [0.2, 0.25) is 10.0 Å². The van der Waals surface area contributed by atoms with E-state index in [1.54, 1.807) is 13.8 Å². The molecule has 0 aromatic heterocycles. The van der Waals surface area contributed by atoms with Crippen molar-refractivity contribution in [2.75, 3.05) is 0 Å². The molecule has 6 heteroatoms. The van der Waals surface area contributed by atoms with Crippen molar-refractivity contribution in [3.05, 3.63) is 35.4 Å². The average molecular weight is 249 g/mol. The van der Waals surface area contributed by atoms with E-state index in [-0.39, 0.29) is 11.6 Å². The van der Waals surface area contributed by atoms with Crippen molar-refractivity contribution in [1.82, 2.24) is 4.72 Å². The lowest BCUT2D eigenvalue weighted by Gasteiger charge is -2.10. The maximum absolute atomic E-state index is 13.2. The highest BCUT2D eigenvalue weighted by atomic mass is 32.2. The Bertz CT molecular complexity index is 472. The standard InChI is InChI=1S/C10H13F2NO2S/c1-7(2)13-16(14,15)6-8-4-3-5-9(11)10(8)12/h3-5,7,13H,6H2,1-2H3. The maximum Gasteiger partial charge on any atom is 0.216 e. The Balaban J connectivity index is 2.93. The monoisotopic (exact) mass is 249 g/mol. The van der Waals surface area contributed by atoms with Gasteiger partial charge in [0.05, 0.1) is 5.75 Å². The third-order valence-corrected chi connectivity index (χ3v) is 3.31. The van der Waals surface area contributed by atoms with Crippen molar-refractivity contribution in [2.24, 2.45) is 0 Å². The zero-order chi connectivity index (χ0) is 12.3. The second-order valence-electron chi connectivity index (χ2n) is 3.74. The number of hydrogen-bond donors (Lipinski definition) is 1. The molecule has 0 aliphatic rings. The topological polar surface area (TPSA) is 46.2 Å². The lowest BCUT2D eigenvalue weighted by Crippen LogP contribution is -2.31. The van der Waals surface area contributed by atoms with Gasteiger partial charge in [-0.3, -0.25) is 0 Å². The van der Waals surface area contributed by atoms with Crippen molar-refractivity contribution < 1.29 is 17.2 Å². The van der Waals surface area contributed by atoms with Gasteiger partial charge in [-0.25, -0.2) is 21.9 Å². The molecule has 0 unspecified atom stereocenters. The van der Waals surface area contributed by atoms with Gasteiger partial charge in [0, 0.05) is 11.6 Å². The van der Waals surface area contributed by atoms with Gasteiger partial charge < -0.3 is 0 Å². The van der Waals surface area contributed by atoms with Gasteiger partial charge in [0.15, 0.2) is 11.6 Å². The van der Waals surface area contributed by atoms with Crippen LogP contribution in [0.4, 0.5) is 8.78 Å². The summed E-state index contributed by atoms with van der Waals surface area (Å²) in [5.74, 6) is -2.72. The molecule has 0 spiro atoms. The molecule has 0 bridgehead atoms. The van der Waals surface area contributed by atoms with Crippen LogP contribution in [0, 0.1) is 11.6 Å². The molecule has 0 heterocycles. The second kappa shape index (κ2) is 4.88. The Labute approximate surface area is 93.5 Å². The summed E-state index contributed by atoms with van der Waals surface area (Å²) in [7, 11) is -3.63. The molecule has 1 aromatic rings. The van der Waals surface area contributed by atoms with E-state index in [1.165, 1.54) is 12.1 Å². The Morgan fingerprint density at radius 3 is 2.50 bits per heavy atom. The van der Waals surface area contributed by atoms with Crippen LogP contribution in [0.5, 0.6) is 0 Å². The summed E-state index contributed by atoms with van der Waals surface area (Å²) < 4.78 is 51.3. The molecule has 90 valence electrons. The molecule has 3 nitrogen and oxygen atoms in total. The zero-order valence-corrected chi connectivity index (χ0v) is 9.81. The molecule has 0 saturated carbocycles. The van der Waals surface area contributed by atoms with Crippen molar-refractivity contribution >= 4 is 10.0 Å². The van der Waals surface area contributed by atoms with Gasteiger partial charge in [0.1, 0.15) is 0 Å². The van der Waals surface area contributed by atoms with Crippen LogP contribution in [-0.2, 0) is 15.8 Å². The van der Waals surface area contributed by atoms with Gasteiger partial charge in [0.25, 0.3) is 0 Å². The maximum atomic E-state index is 13.2. The molecule has 0 aliphatic heterocycles. The molecule has 0 atom stereocenters. The molecule has 0 saturated heterocycles. The number of hydrogen-bond acceptors (Lipinski definition) is 2. The van der Waals surface area contributed by atoms with E-state index in [0.717, 1.165) is 6.07 Å². The largest absolute Gasteiger partial charge is 0.216 e. The van der Waals surface area contributed by atoms with Gasteiger partial charge >= 0.3 is 0 Å². The number of benzene rings is 1. The average Bonchev–Trinajstić information content (AvgIpc) is 2.10. The first kappa shape index (κ1) is 13.1. The fraction of sp³-hybridized carbons (Fsp3) is 0.400. The molecule has 1 aromatic carbocycles. The third kappa shape index (κ3) is 3.53. The predicted molar refractivity (Wildman–Crippen MR) is 57.3 cm³/mol. The Morgan fingerprint density at radius 1 is 1.31 bits per heavy atom. The number of rotatable bonds is 4. The highest BCUT2D eigenvalue weighted by Crippen LogP contribution is 2.13. The summed E-state index contributed by atoms with van der Waals surface area (Å²) in [6.07, 6.45) is 0. The van der Waals surface area contributed by atoms with Gasteiger partial charge in [-0.05, 0) is 19.9 Å². The summed E-state index contributed by atoms with van der Waals surface area (Å²) in [6, 6.07) is 3.19. The molecule has 1 rings (SSSR count). The highest BCUT2D eigenvalue weighted by Gasteiger charge is 2.17. The van der Waals surface area contributed by atoms with E-state index in [1.807, 2.05) is 0 Å². The van der Waals surface area contributed by atoms with Crippen LogP contribution in [0.15, 0.2) is 18.2 Å². The Hall–Kier alpha value is -1.01. The van der Waals surface area contributed by atoms with Crippen LogP contribution >= 0.6 is 0 Å². The number of sulfonamides is 1. The number of halogens is 2. The lowest BCUT2D eigenvalue weighted by molar-refractivity contribution is 0.500. The molecule has 0 aliphatic carbocycles. The minimum atomic E-state index is -3.63. The summed E-state index contributed by atoms with van der Waals surface area (Å²) >= 11 is 0.